The molecule has 0 aliphatic carbocycles. The maximum absolute atomic E-state index is 12.9. The first-order valence-electron chi connectivity index (χ1n) is 6.22. The van der Waals surface area contributed by atoms with Crippen molar-refractivity contribution in [2.24, 2.45) is 0 Å². The molecule has 0 amide bonds. The Hall–Kier alpha value is -2.42. The SMILES string of the molecule is Fc1ccc(-c2cnc(Sc3ccc(C(F)(F)F)nn3)o2)cc1. The number of halogens is 4. The zero-order chi connectivity index (χ0) is 16.4. The van der Waals surface area contributed by atoms with E-state index in [1.54, 1.807) is 0 Å². The number of oxazole rings is 1. The minimum atomic E-state index is -4.53. The number of hydrogen-bond donors (Lipinski definition) is 0. The van der Waals surface area contributed by atoms with Crippen molar-refractivity contribution in [3.63, 3.8) is 0 Å². The standard InChI is InChI=1S/C14H7F4N3OS/c15-9-3-1-8(2-4-9)10-7-19-13(22-10)23-12-6-5-11(20-21-12)14(16,17)18/h1-7H. The normalized spacial score (nSPS) is 11.7. The number of rotatable bonds is 3. The summed E-state index contributed by atoms with van der Waals surface area (Å²) in [4.78, 5) is 3.99. The molecule has 118 valence electrons. The number of hydrogen-bond acceptors (Lipinski definition) is 5. The highest BCUT2D eigenvalue weighted by atomic mass is 32.2. The minimum Gasteiger partial charge on any atom is -0.431 e. The molecular formula is C14H7F4N3OS. The third-order valence-electron chi connectivity index (χ3n) is 2.74. The summed E-state index contributed by atoms with van der Waals surface area (Å²) >= 11 is 0.933. The predicted molar refractivity (Wildman–Crippen MR) is 73.1 cm³/mol. The molecule has 0 bridgehead atoms. The van der Waals surface area contributed by atoms with Gasteiger partial charge in [-0.15, -0.1) is 10.2 Å². The van der Waals surface area contributed by atoms with Gasteiger partial charge >= 0.3 is 6.18 Å². The van der Waals surface area contributed by atoms with Crippen molar-refractivity contribution in [1.82, 2.24) is 15.2 Å². The molecule has 2 aromatic heterocycles. The minimum absolute atomic E-state index is 0.193. The molecule has 0 radical (unpaired) electrons. The average Bonchev–Trinajstić information content (AvgIpc) is 2.96. The quantitative estimate of drug-likeness (QED) is 0.659. The van der Waals surface area contributed by atoms with Crippen LogP contribution in [0.1, 0.15) is 5.69 Å². The Bertz CT molecular complexity index is 800. The van der Waals surface area contributed by atoms with Crippen LogP contribution in [-0.4, -0.2) is 15.2 Å². The second-order valence-corrected chi connectivity index (χ2v) is 5.33. The molecule has 2 heterocycles. The maximum Gasteiger partial charge on any atom is 0.435 e. The summed E-state index contributed by atoms with van der Waals surface area (Å²) in [5, 5.41) is 7.00. The molecule has 1 aromatic carbocycles. The van der Waals surface area contributed by atoms with Crippen LogP contribution in [0.25, 0.3) is 11.3 Å². The fourth-order valence-corrected chi connectivity index (χ4v) is 2.30. The second-order valence-electron chi connectivity index (χ2n) is 4.35. The summed E-state index contributed by atoms with van der Waals surface area (Å²) in [6, 6.07) is 7.64. The van der Waals surface area contributed by atoms with Gasteiger partial charge < -0.3 is 4.42 Å². The molecule has 0 atom stereocenters. The molecule has 3 rings (SSSR count). The third kappa shape index (κ3) is 3.67. The van der Waals surface area contributed by atoms with Crippen molar-refractivity contribution in [1.29, 1.82) is 0 Å². The van der Waals surface area contributed by atoms with Crippen LogP contribution in [0.2, 0.25) is 0 Å². The summed E-state index contributed by atoms with van der Waals surface area (Å²) < 4.78 is 55.5. The van der Waals surface area contributed by atoms with Crippen LogP contribution in [0.4, 0.5) is 17.6 Å². The first kappa shape index (κ1) is 15.5. The lowest BCUT2D eigenvalue weighted by Gasteiger charge is -2.03. The lowest BCUT2D eigenvalue weighted by Crippen LogP contribution is -2.08. The van der Waals surface area contributed by atoms with Crippen LogP contribution in [0, 0.1) is 5.82 Å². The fourth-order valence-electron chi connectivity index (χ4n) is 1.67. The van der Waals surface area contributed by atoms with Crippen molar-refractivity contribution in [2.45, 2.75) is 16.4 Å². The summed E-state index contributed by atoms with van der Waals surface area (Å²) in [7, 11) is 0. The van der Waals surface area contributed by atoms with Crippen LogP contribution in [0.15, 0.2) is 57.3 Å². The van der Waals surface area contributed by atoms with Crippen LogP contribution in [0.3, 0.4) is 0 Å². The highest BCUT2D eigenvalue weighted by molar-refractivity contribution is 7.99. The Morgan fingerprint density at radius 3 is 2.30 bits per heavy atom. The third-order valence-corrected chi connectivity index (χ3v) is 3.53. The molecule has 0 spiro atoms. The van der Waals surface area contributed by atoms with Gasteiger partial charge in [0.2, 0.25) is 0 Å². The molecule has 0 aliphatic rings. The topological polar surface area (TPSA) is 51.8 Å². The van der Waals surface area contributed by atoms with E-state index in [4.69, 9.17) is 4.42 Å². The Balaban J connectivity index is 1.75. The molecule has 3 aromatic rings. The van der Waals surface area contributed by atoms with E-state index in [2.05, 4.69) is 15.2 Å². The van der Waals surface area contributed by atoms with Gasteiger partial charge in [0, 0.05) is 5.56 Å². The van der Waals surface area contributed by atoms with Gasteiger partial charge in [-0.3, -0.25) is 0 Å². The number of nitrogens with zero attached hydrogens (tertiary/aromatic N) is 3. The van der Waals surface area contributed by atoms with Crippen molar-refractivity contribution in [3.8, 4) is 11.3 Å². The summed E-state index contributed by atoms with van der Waals surface area (Å²) in [5.41, 5.74) is -0.439. The fraction of sp³-hybridized carbons (Fsp3) is 0.0714. The van der Waals surface area contributed by atoms with Gasteiger partial charge in [0.05, 0.1) is 6.20 Å². The highest BCUT2D eigenvalue weighted by Gasteiger charge is 2.32. The molecule has 0 saturated heterocycles. The van der Waals surface area contributed by atoms with Gasteiger partial charge in [-0.1, -0.05) is 0 Å². The van der Waals surface area contributed by atoms with Crippen LogP contribution in [-0.2, 0) is 6.18 Å². The Labute approximate surface area is 131 Å². The van der Waals surface area contributed by atoms with E-state index in [9.17, 15) is 17.6 Å². The molecule has 0 saturated carbocycles. The monoisotopic (exact) mass is 341 g/mol. The predicted octanol–water partition coefficient (Wildman–Crippen LogP) is 4.44. The number of benzene rings is 1. The maximum atomic E-state index is 12.9. The lowest BCUT2D eigenvalue weighted by atomic mass is 10.2. The van der Waals surface area contributed by atoms with E-state index in [0.29, 0.717) is 11.3 Å². The van der Waals surface area contributed by atoms with Gasteiger partial charge in [0.25, 0.3) is 5.22 Å². The largest absolute Gasteiger partial charge is 0.435 e. The van der Waals surface area contributed by atoms with Crippen molar-refractivity contribution < 1.29 is 22.0 Å². The first-order valence-corrected chi connectivity index (χ1v) is 7.04. The van der Waals surface area contributed by atoms with E-state index in [1.165, 1.54) is 36.5 Å². The molecule has 0 fully saturated rings. The van der Waals surface area contributed by atoms with E-state index >= 15 is 0 Å². The van der Waals surface area contributed by atoms with Gasteiger partial charge in [0.15, 0.2) is 11.5 Å². The molecular weight excluding hydrogens is 334 g/mol. The zero-order valence-electron chi connectivity index (χ0n) is 11.2. The van der Waals surface area contributed by atoms with E-state index in [1.807, 2.05) is 0 Å². The van der Waals surface area contributed by atoms with Crippen molar-refractivity contribution in [2.75, 3.05) is 0 Å². The molecule has 23 heavy (non-hydrogen) atoms. The molecule has 0 aliphatic heterocycles. The van der Waals surface area contributed by atoms with Gasteiger partial charge in [-0.25, -0.2) is 9.37 Å². The molecule has 4 nitrogen and oxygen atoms in total. The van der Waals surface area contributed by atoms with Gasteiger partial charge in [0.1, 0.15) is 10.8 Å². The van der Waals surface area contributed by atoms with E-state index < -0.39 is 11.9 Å². The second kappa shape index (κ2) is 5.99. The molecule has 0 N–H and O–H groups in total. The smallest absolute Gasteiger partial charge is 0.431 e. The average molecular weight is 341 g/mol. The Morgan fingerprint density at radius 2 is 1.70 bits per heavy atom. The summed E-state index contributed by atoms with van der Waals surface area (Å²) in [5.74, 6) is 0.0373. The van der Waals surface area contributed by atoms with E-state index in [-0.39, 0.29) is 16.1 Å². The first-order chi connectivity index (χ1) is 10.9. The molecule has 9 heteroatoms. The van der Waals surface area contributed by atoms with Crippen LogP contribution < -0.4 is 0 Å². The summed E-state index contributed by atoms with van der Waals surface area (Å²) in [6.45, 7) is 0. The van der Waals surface area contributed by atoms with Crippen LogP contribution in [0.5, 0.6) is 0 Å². The Morgan fingerprint density at radius 1 is 0.957 bits per heavy atom. The lowest BCUT2D eigenvalue weighted by molar-refractivity contribution is -0.141. The van der Waals surface area contributed by atoms with E-state index in [0.717, 1.165) is 17.8 Å². The van der Waals surface area contributed by atoms with Gasteiger partial charge in [-0.05, 0) is 48.2 Å². The zero-order valence-corrected chi connectivity index (χ0v) is 12.0. The van der Waals surface area contributed by atoms with Gasteiger partial charge in [-0.2, -0.15) is 13.2 Å². The van der Waals surface area contributed by atoms with Crippen molar-refractivity contribution in [3.05, 3.63) is 54.1 Å². The number of alkyl halides is 3. The molecule has 0 unspecified atom stereocenters. The Kier molecular flexibility index (Phi) is 4.03. The van der Waals surface area contributed by atoms with Crippen molar-refractivity contribution >= 4 is 11.8 Å². The van der Waals surface area contributed by atoms with Crippen LogP contribution >= 0.6 is 11.8 Å². The summed E-state index contributed by atoms with van der Waals surface area (Å²) in [6.07, 6.45) is -3.10. The number of aromatic nitrogens is 3. The highest BCUT2D eigenvalue weighted by Crippen LogP contribution is 2.31.